The second kappa shape index (κ2) is 8.04. The van der Waals surface area contributed by atoms with Crippen LogP contribution in [0.15, 0.2) is 48.5 Å². The van der Waals surface area contributed by atoms with E-state index in [2.05, 4.69) is 0 Å². The summed E-state index contributed by atoms with van der Waals surface area (Å²) in [5.74, 6) is -0.581. The van der Waals surface area contributed by atoms with E-state index in [9.17, 15) is 9.59 Å². The van der Waals surface area contributed by atoms with Crippen molar-refractivity contribution in [1.82, 2.24) is 4.90 Å². The molecule has 1 N–H and O–H groups in total. The second-order valence-electron chi connectivity index (χ2n) is 6.70. The van der Waals surface area contributed by atoms with Gasteiger partial charge in [-0.1, -0.05) is 36.4 Å². The first-order chi connectivity index (χ1) is 12.5. The van der Waals surface area contributed by atoms with Gasteiger partial charge in [0, 0.05) is 13.1 Å². The highest BCUT2D eigenvalue weighted by atomic mass is 16.5. The number of aliphatic carboxylic acids is 1. The zero-order valence-electron chi connectivity index (χ0n) is 14.9. The highest BCUT2D eigenvalue weighted by molar-refractivity contribution is 5.80. The molecule has 0 aromatic heterocycles. The summed E-state index contributed by atoms with van der Waals surface area (Å²) in [6.07, 6.45) is 0.786. The predicted molar refractivity (Wildman–Crippen MR) is 98.0 cm³/mol. The molecular formula is C21H23NO4. The Morgan fingerprint density at radius 2 is 2.00 bits per heavy atom. The molecule has 5 heteroatoms. The molecule has 1 unspecified atom stereocenters. The zero-order chi connectivity index (χ0) is 18.5. The van der Waals surface area contributed by atoms with Gasteiger partial charge in [0.2, 0.25) is 5.91 Å². The summed E-state index contributed by atoms with van der Waals surface area (Å²) in [4.78, 5) is 25.1. The van der Waals surface area contributed by atoms with Gasteiger partial charge < -0.3 is 14.7 Å². The predicted octanol–water partition coefficient (Wildman–Crippen LogP) is 3.05. The number of carboxylic acid groups (broad SMARTS) is 1. The lowest BCUT2D eigenvalue weighted by molar-refractivity contribution is -0.141. The molecule has 1 aliphatic heterocycles. The van der Waals surface area contributed by atoms with Crippen molar-refractivity contribution in [2.75, 3.05) is 13.1 Å². The van der Waals surface area contributed by atoms with Gasteiger partial charge in [-0.25, -0.2) is 0 Å². The van der Waals surface area contributed by atoms with Crippen LogP contribution in [0.2, 0.25) is 0 Å². The van der Waals surface area contributed by atoms with E-state index in [4.69, 9.17) is 9.84 Å². The van der Waals surface area contributed by atoms with Crippen LogP contribution < -0.4 is 4.74 Å². The SMILES string of the molecule is Cc1ccccc1COc1cccc(CC(=O)N2CCC(C(=O)O)C2)c1. The number of likely N-dealkylation sites (tertiary alicyclic amines) is 1. The van der Waals surface area contributed by atoms with Crippen molar-refractivity contribution in [3.8, 4) is 5.75 Å². The number of hydrogen-bond acceptors (Lipinski definition) is 3. The molecule has 136 valence electrons. The van der Waals surface area contributed by atoms with Crippen LogP contribution in [0.3, 0.4) is 0 Å². The fourth-order valence-electron chi connectivity index (χ4n) is 3.15. The minimum atomic E-state index is -0.827. The summed E-state index contributed by atoms with van der Waals surface area (Å²) in [7, 11) is 0. The Kier molecular flexibility index (Phi) is 5.56. The average molecular weight is 353 g/mol. The Hall–Kier alpha value is -2.82. The van der Waals surface area contributed by atoms with Crippen LogP contribution >= 0.6 is 0 Å². The van der Waals surface area contributed by atoms with Gasteiger partial charge in [0.1, 0.15) is 12.4 Å². The molecule has 0 aliphatic carbocycles. The Morgan fingerprint density at radius 1 is 1.19 bits per heavy atom. The van der Waals surface area contributed by atoms with Crippen LogP contribution in [0.25, 0.3) is 0 Å². The van der Waals surface area contributed by atoms with E-state index >= 15 is 0 Å². The van der Waals surface area contributed by atoms with Crippen molar-refractivity contribution in [2.24, 2.45) is 5.92 Å². The van der Waals surface area contributed by atoms with Crippen LogP contribution in [0.5, 0.6) is 5.75 Å². The summed E-state index contributed by atoms with van der Waals surface area (Å²) in [5.41, 5.74) is 3.18. The maximum Gasteiger partial charge on any atom is 0.308 e. The van der Waals surface area contributed by atoms with Crippen LogP contribution in [0.4, 0.5) is 0 Å². The fraction of sp³-hybridized carbons (Fsp3) is 0.333. The highest BCUT2D eigenvalue weighted by Gasteiger charge is 2.30. The number of aryl methyl sites for hydroxylation is 1. The molecule has 1 atom stereocenters. The molecule has 0 spiro atoms. The molecule has 5 nitrogen and oxygen atoms in total. The number of hydrogen-bond donors (Lipinski definition) is 1. The summed E-state index contributed by atoms with van der Waals surface area (Å²) in [6, 6.07) is 15.6. The number of rotatable bonds is 6. The van der Waals surface area contributed by atoms with Crippen LogP contribution in [0.1, 0.15) is 23.1 Å². The molecule has 0 saturated carbocycles. The van der Waals surface area contributed by atoms with Gasteiger partial charge in [0.25, 0.3) is 0 Å². The number of benzene rings is 2. The Labute approximate surface area is 153 Å². The standard InChI is InChI=1S/C21H23NO4/c1-15-5-2-3-7-18(15)14-26-19-8-4-6-16(11-19)12-20(23)22-10-9-17(13-22)21(24)25/h2-8,11,17H,9-10,12-14H2,1H3,(H,24,25). The molecule has 0 bridgehead atoms. The number of nitrogens with zero attached hydrogens (tertiary/aromatic N) is 1. The van der Waals surface area contributed by atoms with E-state index in [0.717, 1.165) is 16.9 Å². The molecule has 26 heavy (non-hydrogen) atoms. The summed E-state index contributed by atoms with van der Waals surface area (Å²) < 4.78 is 5.87. The molecular weight excluding hydrogens is 330 g/mol. The van der Waals surface area contributed by atoms with Crippen LogP contribution in [0, 0.1) is 12.8 Å². The van der Waals surface area contributed by atoms with Crippen LogP contribution in [-0.4, -0.2) is 35.0 Å². The Bertz CT molecular complexity index is 802. The third-order valence-electron chi connectivity index (χ3n) is 4.80. The van der Waals surface area contributed by atoms with Gasteiger partial charge in [-0.3, -0.25) is 9.59 Å². The number of amides is 1. The summed E-state index contributed by atoms with van der Waals surface area (Å²) >= 11 is 0. The number of carboxylic acids is 1. The molecule has 2 aromatic rings. The van der Waals surface area contributed by atoms with Gasteiger partial charge in [0.05, 0.1) is 12.3 Å². The Morgan fingerprint density at radius 3 is 2.73 bits per heavy atom. The topological polar surface area (TPSA) is 66.8 Å². The minimum absolute atomic E-state index is 0.0372. The molecule has 1 saturated heterocycles. The summed E-state index contributed by atoms with van der Waals surface area (Å²) in [5, 5.41) is 9.06. The monoisotopic (exact) mass is 353 g/mol. The normalized spacial score (nSPS) is 16.5. The van der Waals surface area contributed by atoms with E-state index in [-0.39, 0.29) is 12.3 Å². The molecule has 1 aliphatic rings. The zero-order valence-corrected chi connectivity index (χ0v) is 14.9. The fourth-order valence-corrected chi connectivity index (χ4v) is 3.15. The van der Waals surface area contributed by atoms with Crippen molar-refractivity contribution in [3.05, 3.63) is 65.2 Å². The quantitative estimate of drug-likeness (QED) is 0.867. The second-order valence-corrected chi connectivity index (χ2v) is 6.70. The Balaban J connectivity index is 1.58. The van der Waals surface area contributed by atoms with E-state index < -0.39 is 11.9 Å². The maximum atomic E-state index is 12.4. The lowest BCUT2D eigenvalue weighted by Gasteiger charge is -2.16. The van der Waals surface area contributed by atoms with Crippen molar-refractivity contribution in [1.29, 1.82) is 0 Å². The maximum absolute atomic E-state index is 12.4. The first-order valence-corrected chi connectivity index (χ1v) is 8.80. The van der Waals surface area contributed by atoms with Crippen molar-refractivity contribution in [2.45, 2.75) is 26.4 Å². The molecule has 1 amide bonds. The number of carbonyl (C=O) groups excluding carboxylic acids is 1. The van der Waals surface area contributed by atoms with Crippen molar-refractivity contribution in [3.63, 3.8) is 0 Å². The van der Waals surface area contributed by atoms with Gasteiger partial charge in [-0.15, -0.1) is 0 Å². The molecule has 1 heterocycles. The lowest BCUT2D eigenvalue weighted by Crippen LogP contribution is -2.31. The van der Waals surface area contributed by atoms with E-state index in [1.807, 2.05) is 55.5 Å². The van der Waals surface area contributed by atoms with Gasteiger partial charge in [0.15, 0.2) is 0 Å². The smallest absolute Gasteiger partial charge is 0.308 e. The van der Waals surface area contributed by atoms with E-state index in [0.29, 0.717) is 26.1 Å². The van der Waals surface area contributed by atoms with Crippen molar-refractivity contribution < 1.29 is 19.4 Å². The van der Waals surface area contributed by atoms with Gasteiger partial charge >= 0.3 is 5.97 Å². The lowest BCUT2D eigenvalue weighted by atomic mass is 10.1. The highest BCUT2D eigenvalue weighted by Crippen LogP contribution is 2.20. The molecule has 1 fully saturated rings. The molecule has 2 aromatic carbocycles. The van der Waals surface area contributed by atoms with Crippen molar-refractivity contribution >= 4 is 11.9 Å². The van der Waals surface area contributed by atoms with Gasteiger partial charge in [-0.05, 0) is 42.2 Å². The number of carbonyl (C=O) groups is 2. The molecule has 0 radical (unpaired) electrons. The van der Waals surface area contributed by atoms with E-state index in [1.54, 1.807) is 4.90 Å². The van der Waals surface area contributed by atoms with Crippen LogP contribution in [-0.2, 0) is 22.6 Å². The van der Waals surface area contributed by atoms with E-state index in [1.165, 1.54) is 5.56 Å². The number of ether oxygens (including phenoxy) is 1. The van der Waals surface area contributed by atoms with Gasteiger partial charge in [-0.2, -0.15) is 0 Å². The third kappa shape index (κ3) is 4.42. The largest absolute Gasteiger partial charge is 0.489 e. The average Bonchev–Trinajstić information content (AvgIpc) is 3.12. The first-order valence-electron chi connectivity index (χ1n) is 8.80. The first kappa shape index (κ1) is 18.0. The third-order valence-corrected chi connectivity index (χ3v) is 4.80. The minimum Gasteiger partial charge on any atom is -0.489 e. The molecule has 3 rings (SSSR count). The summed E-state index contributed by atoms with van der Waals surface area (Å²) in [6.45, 7) is 3.35.